The van der Waals surface area contributed by atoms with Gasteiger partial charge in [0.25, 0.3) is 0 Å². The fourth-order valence-corrected chi connectivity index (χ4v) is 1.89. The molecule has 2 N–H and O–H groups in total. The van der Waals surface area contributed by atoms with E-state index in [1.54, 1.807) is 14.2 Å². The summed E-state index contributed by atoms with van der Waals surface area (Å²) in [5.74, 6) is 0. The average Bonchev–Trinajstić information content (AvgIpc) is 2.47. The number of amides is 1. The third-order valence-electron chi connectivity index (χ3n) is 3.03. The first-order chi connectivity index (χ1) is 10.8. The molecule has 1 amide bonds. The Kier molecular flexibility index (Phi) is 8.02. The predicted molar refractivity (Wildman–Crippen MR) is 90.7 cm³/mol. The molecule has 0 aromatic heterocycles. The molecule has 0 fully saturated rings. The summed E-state index contributed by atoms with van der Waals surface area (Å²) in [6.07, 6.45) is 0.208. The van der Waals surface area contributed by atoms with E-state index in [4.69, 9.17) is 14.2 Å². The molecule has 0 radical (unpaired) electrons. The summed E-state index contributed by atoms with van der Waals surface area (Å²) in [6.45, 7) is 6.97. The van der Waals surface area contributed by atoms with Crippen molar-refractivity contribution in [3.63, 3.8) is 0 Å². The van der Waals surface area contributed by atoms with Crippen LogP contribution in [0.3, 0.4) is 0 Å². The van der Waals surface area contributed by atoms with Crippen LogP contribution in [0.5, 0.6) is 0 Å². The molecule has 0 unspecified atom stereocenters. The van der Waals surface area contributed by atoms with Crippen LogP contribution >= 0.6 is 0 Å². The van der Waals surface area contributed by atoms with Crippen LogP contribution in [0.25, 0.3) is 0 Å². The van der Waals surface area contributed by atoms with E-state index in [9.17, 15) is 4.79 Å². The van der Waals surface area contributed by atoms with E-state index in [0.29, 0.717) is 6.54 Å². The minimum atomic E-state index is -0.502. The number of rotatable bonds is 8. The first kappa shape index (κ1) is 19.4. The van der Waals surface area contributed by atoms with Crippen molar-refractivity contribution < 1.29 is 19.0 Å². The van der Waals surface area contributed by atoms with Gasteiger partial charge in [-0.05, 0) is 51.4 Å². The number of benzene rings is 1. The van der Waals surface area contributed by atoms with E-state index in [1.165, 1.54) is 5.56 Å². The Morgan fingerprint density at radius 2 is 1.74 bits per heavy atom. The lowest BCUT2D eigenvalue weighted by molar-refractivity contribution is -0.0986. The predicted octanol–water partition coefficient (Wildman–Crippen LogP) is 2.78. The molecule has 6 heteroatoms. The Hall–Kier alpha value is -1.63. The number of carbonyl (C=O) groups is 1. The van der Waals surface area contributed by atoms with Gasteiger partial charge in [-0.3, -0.25) is 5.32 Å². The highest BCUT2D eigenvalue weighted by Crippen LogP contribution is 2.13. The molecule has 6 nitrogen and oxygen atoms in total. The van der Waals surface area contributed by atoms with E-state index >= 15 is 0 Å². The minimum absolute atomic E-state index is 0.226. The number of nitrogens with one attached hydrogen (secondary N) is 2. The van der Waals surface area contributed by atoms with Crippen LogP contribution in [0.4, 0.5) is 10.5 Å². The molecule has 0 aliphatic heterocycles. The molecule has 0 aliphatic carbocycles. The third kappa shape index (κ3) is 8.54. The summed E-state index contributed by atoms with van der Waals surface area (Å²) in [4.78, 5) is 11.7. The van der Waals surface area contributed by atoms with Crippen LogP contribution < -0.4 is 10.6 Å². The zero-order valence-electron chi connectivity index (χ0n) is 14.6. The quantitative estimate of drug-likeness (QED) is 0.568. The second-order valence-electron chi connectivity index (χ2n) is 6.18. The van der Waals surface area contributed by atoms with Gasteiger partial charge >= 0.3 is 6.09 Å². The van der Waals surface area contributed by atoms with E-state index in [0.717, 1.165) is 18.7 Å². The van der Waals surface area contributed by atoms with Crippen molar-refractivity contribution in [2.24, 2.45) is 0 Å². The number of carbonyl (C=O) groups excluding carboxylic acids is 1. The van der Waals surface area contributed by atoms with Gasteiger partial charge in [0.2, 0.25) is 0 Å². The van der Waals surface area contributed by atoms with Gasteiger partial charge in [-0.15, -0.1) is 0 Å². The van der Waals surface area contributed by atoms with Crippen molar-refractivity contribution in [1.82, 2.24) is 5.32 Å². The molecule has 0 aliphatic rings. The second-order valence-corrected chi connectivity index (χ2v) is 6.18. The average molecular weight is 324 g/mol. The lowest BCUT2D eigenvalue weighted by atomic mass is 10.1. The highest BCUT2D eigenvalue weighted by atomic mass is 16.7. The molecule has 130 valence electrons. The largest absolute Gasteiger partial charge is 0.444 e. The zero-order chi connectivity index (χ0) is 17.3. The van der Waals surface area contributed by atoms with Gasteiger partial charge in [0, 0.05) is 26.5 Å². The number of methoxy groups -OCH3 is 2. The molecular formula is C17H28N2O4. The smallest absolute Gasteiger partial charge is 0.412 e. The number of ether oxygens (including phenoxy) is 3. The van der Waals surface area contributed by atoms with Crippen LogP contribution in [0.15, 0.2) is 24.3 Å². The van der Waals surface area contributed by atoms with Gasteiger partial charge in [-0.1, -0.05) is 12.1 Å². The third-order valence-corrected chi connectivity index (χ3v) is 3.03. The zero-order valence-corrected chi connectivity index (χ0v) is 14.6. The summed E-state index contributed by atoms with van der Waals surface area (Å²) in [5.41, 5.74) is 1.39. The van der Waals surface area contributed by atoms with Gasteiger partial charge in [0.1, 0.15) is 5.60 Å². The molecule has 23 heavy (non-hydrogen) atoms. The van der Waals surface area contributed by atoms with Crippen LogP contribution in [-0.2, 0) is 20.6 Å². The van der Waals surface area contributed by atoms with E-state index < -0.39 is 11.7 Å². The van der Waals surface area contributed by atoms with Gasteiger partial charge in [0.15, 0.2) is 6.29 Å². The van der Waals surface area contributed by atoms with Gasteiger partial charge in [-0.25, -0.2) is 4.79 Å². The molecule has 1 aromatic rings. The molecule has 0 atom stereocenters. The molecule has 0 spiro atoms. The summed E-state index contributed by atoms with van der Waals surface area (Å²) in [7, 11) is 3.23. The SMILES string of the molecule is COC(CNCCc1ccc(NC(=O)OC(C)(C)C)cc1)OC. The van der Waals surface area contributed by atoms with Crippen molar-refractivity contribution in [2.75, 3.05) is 32.6 Å². The number of anilines is 1. The Morgan fingerprint density at radius 1 is 1.13 bits per heavy atom. The molecule has 0 bridgehead atoms. The summed E-state index contributed by atoms with van der Waals surface area (Å²) in [5, 5.41) is 5.98. The standard InChI is InChI=1S/C17H28N2O4/c1-17(2,3)23-16(20)19-14-8-6-13(7-9-14)10-11-18-12-15(21-4)22-5/h6-9,15,18H,10-12H2,1-5H3,(H,19,20). The minimum Gasteiger partial charge on any atom is -0.444 e. The highest BCUT2D eigenvalue weighted by molar-refractivity contribution is 5.84. The summed E-state index contributed by atoms with van der Waals surface area (Å²) in [6, 6.07) is 7.70. The molecule has 1 rings (SSSR count). The maximum atomic E-state index is 11.7. The Balaban J connectivity index is 2.34. The summed E-state index contributed by atoms with van der Waals surface area (Å²) < 4.78 is 15.4. The lowest BCUT2D eigenvalue weighted by Crippen LogP contribution is -2.31. The lowest BCUT2D eigenvalue weighted by Gasteiger charge is -2.19. The van der Waals surface area contributed by atoms with E-state index in [2.05, 4.69) is 10.6 Å². The molecule has 0 saturated heterocycles. The summed E-state index contributed by atoms with van der Waals surface area (Å²) >= 11 is 0. The first-order valence-corrected chi connectivity index (χ1v) is 7.69. The van der Waals surface area contributed by atoms with Crippen molar-refractivity contribution >= 4 is 11.8 Å². The first-order valence-electron chi connectivity index (χ1n) is 7.69. The fourth-order valence-electron chi connectivity index (χ4n) is 1.89. The number of hydrogen-bond acceptors (Lipinski definition) is 5. The fraction of sp³-hybridized carbons (Fsp3) is 0.588. The van der Waals surface area contributed by atoms with Gasteiger partial charge in [0.05, 0.1) is 0 Å². The highest BCUT2D eigenvalue weighted by Gasteiger charge is 2.16. The molecule has 0 heterocycles. The van der Waals surface area contributed by atoms with Crippen LogP contribution in [0.2, 0.25) is 0 Å². The molecular weight excluding hydrogens is 296 g/mol. The maximum absolute atomic E-state index is 11.7. The Morgan fingerprint density at radius 3 is 2.26 bits per heavy atom. The normalized spacial score (nSPS) is 11.6. The van der Waals surface area contributed by atoms with Crippen molar-refractivity contribution in [3.8, 4) is 0 Å². The maximum Gasteiger partial charge on any atom is 0.412 e. The van der Waals surface area contributed by atoms with E-state index in [-0.39, 0.29) is 6.29 Å². The monoisotopic (exact) mass is 324 g/mol. The van der Waals surface area contributed by atoms with Gasteiger partial charge < -0.3 is 19.5 Å². The van der Waals surface area contributed by atoms with Crippen LogP contribution in [0, 0.1) is 0 Å². The van der Waals surface area contributed by atoms with Crippen molar-refractivity contribution in [1.29, 1.82) is 0 Å². The second kappa shape index (κ2) is 9.50. The van der Waals surface area contributed by atoms with Crippen molar-refractivity contribution in [3.05, 3.63) is 29.8 Å². The number of hydrogen-bond donors (Lipinski definition) is 2. The van der Waals surface area contributed by atoms with Gasteiger partial charge in [-0.2, -0.15) is 0 Å². The molecule has 1 aromatic carbocycles. The topological polar surface area (TPSA) is 68.8 Å². The van der Waals surface area contributed by atoms with E-state index in [1.807, 2.05) is 45.0 Å². The molecule has 0 saturated carbocycles. The van der Waals surface area contributed by atoms with Crippen LogP contribution in [0.1, 0.15) is 26.3 Å². The Labute approximate surface area is 138 Å². The van der Waals surface area contributed by atoms with Crippen LogP contribution in [-0.4, -0.2) is 45.3 Å². The van der Waals surface area contributed by atoms with Crippen molar-refractivity contribution in [2.45, 2.75) is 39.1 Å². The Bertz CT molecular complexity index is 464.